The molecule has 0 bridgehead atoms. The van der Waals surface area contributed by atoms with Crippen molar-refractivity contribution in [3.63, 3.8) is 0 Å². The van der Waals surface area contributed by atoms with Crippen LogP contribution in [0.1, 0.15) is 32.6 Å². The van der Waals surface area contributed by atoms with Crippen molar-refractivity contribution in [2.45, 2.75) is 38.6 Å². The number of rotatable bonds is 7. The van der Waals surface area contributed by atoms with Crippen molar-refractivity contribution in [1.29, 1.82) is 0 Å². The number of amides is 2. The summed E-state index contributed by atoms with van der Waals surface area (Å²) < 4.78 is 0. The fraction of sp³-hybridized carbons (Fsp3) is 0.833. The van der Waals surface area contributed by atoms with Gasteiger partial charge in [-0.15, -0.1) is 0 Å². The molecule has 1 fully saturated rings. The number of urea groups is 1. The molecule has 2 amide bonds. The Labute approximate surface area is 108 Å². The van der Waals surface area contributed by atoms with Gasteiger partial charge in [0.25, 0.3) is 0 Å². The molecule has 1 rings (SSSR count). The number of nitrogens with zero attached hydrogens (tertiary/aromatic N) is 1. The van der Waals surface area contributed by atoms with Gasteiger partial charge < -0.3 is 20.6 Å². The molecule has 0 aromatic carbocycles. The number of hydrogen-bond donors (Lipinski definition) is 3. The van der Waals surface area contributed by atoms with Crippen LogP contribution in [0.25, 0.3) is 0 Å². The highest BCUT2D eigenvalue weighted by atomic mass is 16.4. The Bertz CT molecular complexity index is 278. The number of nitrogens with one attached hydrogen (secondary N) is 2. The van der Waals surface area contributed by atoms with Gasteiger partial charge in [-0.25, -0.2) is 9.59 Å². The van der Waals surface area contributed by atoms with Crippen molar-refractivity contribution in [2.24, 2.45) is 0 Å². The van der Waals surface area contributed by atoms with Gasteiger partial charge in [0.15, 0.2) is 0 Å². The van der Waals surface area contributed by atoms with Crippen LogP contribution in [0.5, 0.6) is 0 Å². The number of carbonyl (C=O) groups is 2. The minimum absolute atomic E-state index is 0.393. The first kappa shape index (κ1) is 14.8. The van der Waals surface area contributed by atoms with E-state index in [1.165, 1.54) is 12.8 Å². The van der Waals surface area contributed by atoms with Crippen LogP contribution in [0.4, 0.5) is 4.79 Å². The van der Waals surface area contributed by atoms with Crippen molar-refractivity contribution in [3.8, 4) is 0 Å². The minimum Gasteiger partial charge on any atom is -0.480 e. The molecule has 0 aromatic rings. The summed E-state index contributed by atoms with van der Waals surface area (Å²) in [6.45, 7) is 5.47. The van der Waals surface area contributed by atoms with Crippen LogP contribution in [-0.2, 0) is 4.79 Å². The van der Waals surface area contributed by atoms with Crippen LogP contribution >= 0.6 is 0 Å². The Morgan fingerprint density at radius 1 is 1.33 bits per heavy atom. The summed E-state index contributed by atoms with van der Waals surface area (Å²) in [5.74, 6) is -0.980. The van der Waals surface area contributed by atoms with Crippen LogP contribution in [-0.4, -0.2) is 54.2 Å². The van der Waals surface area contributed by atoms with Crippen molar-refractivity contribution in [3.05, 3.63) is 0 Å². The normalized spacial score (nSPS) is 17.4. The van der Waals surface area contributed by atoms with Gasteiger partial charge in [-0.3, -0.25) is 0 Å². The van der Waals surface area contributed by atoms with Gasteiger partial charge in [0.1, 0.15) is 6.04 Å². The van der Waals surface area contributed by atoms with Gasteiger partial charge in [-0.05, 0) is 32.4 Å². The fourth-order valence-electron chi connectivity index (χ4n) is 2.09. The van der Waals surface area contributed by atoms with E-state index in [2.05, 4.69) is 15.5 Å². The molecule has 0 aliphatic carbocycles. The molecule has 0 radical (unpaired) electrons. The number of carbonyl (C=O) groups excluding carboxylic acids is 1. The molecule has 6 heteroatoms. The highest BCUT2D eigenvalue weighted by Gasteiger charge is 2.18. The van der Waals surface area contributed by atoms with E-state index in [1.54, 1.807) is 0 Å². The van der Waals surface area contributed by atoms with E-state index in [0.717, 1.165) is 26.1 Å². The molecule has 1 aliphatic rings. The Morgan fingerprint density at radius 3 is 2.56 bits per heavy atom. The Morgan fingerprint density at radius 2 is 2.00 bits per heavy atom. The van der Waals surface area contributed by atoms with Crippen molar-refractivity contribution < 1.29 is 14.7 Å². The first-order valence-corrected chi connectivity index (χ1v) is 6.63. The summed E-state index contributed by atoms with van der Waals surface area (Å²) >= 11 is 0. The largest absolute Gasteiger partial charge is 0.480 e. The lowest BCUT2D eigenvalue weighted by Crippen LogP contribution is -2.47. The summed E-state index contributed by atoms with van der Waals surface area (Å²) in [6.07, 6.45) is 3.63. The zero-order valence-electron chi connectivity index (χ0n) is 10.9. The molecule has 1 saturated heterocycles. The van der Waals surface area contributed by atoms with Gasteiger partial charge in [0.05, 0.1) is 0 Å². The molecule has 3 N–H and O–H groups in total. The number of carboxylic acids is 1. The Hall–Kier alpha value is -1.30. The van der Waals surface area contributed by atoms with Crippen LogP contribution in [0.2, 0.25) is 0 Å². The lowest BCUT2D eigenvalue weighted by molar-refractivity contribution is -0.139. The highest BCUT2D eigenvalue weighted by Crippen LogP contribution is 2.05. The highest BCUT2D eigenvalue weighted by molar-refractivity contribution is 5.82. The zero-order valence-corrected chi connectivity index (χ0v) is 10.9. The van der Waals surface area contributed by atoms with Crippen LogP contribution < -0.4 is 10.6 Å². The van der Waals surface area contributed by atoms with E-state index in [-0.39, 0.29) is 0 Å². The standard InChI is InChI=1S/C12H23N3O3/c1-2-5-10(11(16)17)14-12(18)13-6-9-15-7-3-4-8-15/h10H,2-9H2,1H3,(H,16,17)(H2,13,14,18)/t10-/m0/s1. The van der Waals surface area contributed by atoms with Gasteiger partial charge >= 0.3 is 12.0 Å². The summed E-state index contributed by atoms with van der Waals surface area (Å²) in [5.41, 5.74) is 0. The van der Waals surface area contributed by atoms with Crippen molar-refractivity contribution in [2.75, 3.05) is 26.2 Å². The monoisotopic (exact) mass is 257 g/mol. The Kier molecular flexibility index (Phi) is 6.49. The van der Waals surface area contributed by atoms with E-state index < -0.39 is 18.0 Å². The number of aliphatic carboxylic acids is 1. The maximum absolute atomic E-state index is 11.5. The minimum atomic E-state index is -0.980. The van der Waals surface area contributed by atoms with Crippen LogP contribution in [0, 0.1) is 0 Å². The van der Waals surface area contributed by atoms with Gasteiger partial charge in [-0.2, -0.15) is 0 Å². The topological polar surface area (TPSA) is 81.7 Å². The second-order valence-electron chi connectivity index (χ2n) is 4.63. The third-order valence-corrected chi connectivity index (χ3v) is 3.09. The molecule has 1 heterocycles. The third-order valence-electron chi connectivity index (χ3n) is 3.09. The lowest BCUT2D eigenvalue weighted by Gasteiger charge is -2.17. The molecule has 104 valence electrons. The molecule has 1 atom stereocenters. The maximum Gasteiger partial charge on any atom is 0.326 e. The maximum atomic E-state index is 11.5. The van der Waals surface area contributed by atoms with Gasteiger partial charge in [0.2, 0.25) is 0 Å². The molecular formula is C12H23N3O3. The second kappa shape index (κ2) is 7.92. The van der Waals surface area contributed by atoms with E-state index in [9.17, 15) is 9.59 Å². The van der Waals surface area contributed by atoms with Crippen LogP contribution in [0.3, 0.4) is 0 Å². The van der Waals surface area contributed by atoms with Gasteiger partial charge in [0, 0.05) is 13.1 Å². The van der Waals surface area contributed by atoms with Crippen molar-refractivity contribution in [1.82, 2.24) is 15.5 Å². The average molecular weight is 257 g/mol. The molecule has 0 spiro atoms. The molecular weight excluding hydrogens is 234 g/mol. The average Bonchev–Trinajstić information content (AvgIpc) is 2.81. The fourth-order valence-corrected chi connectivity index (χ4v) is 2.09. The number of hydrogen-bond acceptors (Lipinski definition) is 3. The lowest BCUT2D eigenvalue weighted by atomic mass is 10.2. The van der Waals surface area contributed by atoms with Crippen molar-refractivity contribution >= 4 is 12.0 Å². The van der Waals surface area contributed by atoms with E-state index >= 15 is 0 Å². The summed E-state index contributed by atoms with van der Waals surface area (Å²) in [5, 5.41) is 14.1. The smallest absolute Gasteiger partial charge is 0.326 e. The van der Waals surface area contributed by atoms with Gasteiger partial charge in [-0.1, -0.05) is 13.3 Å². The predicted molar refractivity (Wildman–Crippen MR) is 68.5 cm³/mol. The number of likely N-dealkylation sites (tertiary alicyclic amines) is 1. The molecule has 0 aromatic heterocycles. The molecule has 1 aliphatic heterocycles. The number of carboxylic acid groups (broad SMARTS) is 1. The third kappa shape index (κ3) is 5.35. The SMILES string of the molecule is CCC[C@H](NC(=O)NCCN1CCCC1)C(=O)O. The summed E-state index contributed by atoms with van der Waals surface area (Å²) in [6, 6.07) is -1.18. The molecule has 18 heavy (non-hydrogen) atoms. The first-order valence-electron chi connectivity index (χ1n) is 6.63. The van der Waals surface area contributed by atoms with Crippen LogP contribution in [0.15, 0.2) is 0 Å². The molecule has 0 saturated carbocycles. The van der Waals surface area contributed by atoms with E-state index in [0.29, 0.717) is 13.0 Å². The van der Waals surface area contributed by atoms with E-state index in [4.69, 9.17) is 5.11 Å². The summed E-state index contributed by atoms with van der Waals surface area (Å²) in [4.78, 5) is 24.7. The molecule has 6 nitrogen and oxygen atoms in total. The quantitative estimate of drug-likeness (QED) is 0.625. The second-order valence-corrected chi connectivity index (χ2v) is 4.63. The molecule has 0 unspecified atom stereocenters. The first-order chi connectivity index (χ1) is 8.63. The summed E-state index contributed by atoms with van der Waals surface area (Å²) in [7, 11) is 0. The van der Waals surface area contributed by atoms with E-state index in [1.807, 2.05) is 6.92 Å². The zero-order chi connectivity index (χ0) is 13.4. The predicted octanol–water partition coefficient (Wildman–Crippen LogP) is 0.635. The Balaban J connectivity index is 2.16.